The lowest BCUT2D eigenvalue weighted by Crippen LogP contribution is -2.08. The smallest absolute Gasteiger partial charge is 0.340 e. The highest BCUT2D eigenvalue weighted by Crippen LogP contribution is 2.20. The monoisotopic (exact) mass is 308 g/mol. The van der Waals surface area contributed by atoms with E-state index in [1.165, 1.54) is 18.3 Å². The van der Waals surface area contributed by atoms with Crippen LogP contribution in [0.2, 0.25) is 0 Å². The van der Waals surface area contributed by atoms with Crippen molar-refractivity contribution < 1.29 is 13.9 Å². The second-order valence-electron chi connectivity index (χ2n) is 4.81. The molecule has 0 saturated carbocycles. The lowest BCUT2D eigenvalue weighted by atomic mass is 10.1. The van der Waals surface area contributed by atoms with E-state index in [9.17, 15) is 9.18 Å². The lowest BCUT2D eigenvalue weighted by molar-refractivity contribution is 0.0473. The summed E-state index contributed by atoms with van der Waals surface area (Å²) >= 11 is 0. The predicted molar refractivity (Wildman–Crippen MR) is 83.0 cm³/mol. The van der Waals surface area contributed by atoms with Crippen LogP contribution in [0.15, 0.2) is 66.9 Å². The van der Waals surface area contributed by atoms with Crippen molar-refractivity contribution in [2.75, 3.05) is 0 Å². The Hall–Kier alpha value is -3.08. The van der Waals surface area contributed by atoms with Crippen LogP contribution < -0.4 is 0 Å². The molecule has 0 fully saturated rings. The Labute approximate surface area is 132 Å². The van der Waals surface area contributed by atoms with Gasteiger partial charge in [0.2, 0.25) is 5.95 Å². The van der Waals surface area contributed by atoms with Crippen molar-refractivity contribution in [1.82, 2.24) is 9.97 Å². The molecule has 0 radical (unpaired) electrons. The molecular weight excluding hydrogens is 295 g/mol. The molecule has 1 aromatic carbocycles. The number of nitrogens with zero attached hydrogens (tertiary/aromatic N) is 2. The molecule has 0 saturated heterocycles. The molecule has 2 aromatic heterocycles. The zero-order valence-electron chi connectivity index (χ0n) is 12.1. The summed E-state index contributed by atoms with van der Waals surface area (Å²) in [6.45, 7) is 0.157. The van der Waals surface area contributed by atoms with Crippen LogP contribution in [-0.4, -0.2) is 15.9 Å². The third-order valence-electron chi connectivity index (χ3n) is 3.20. The van der Waals surface area contributed by atoms with Crippen LogP contribution in [0.1, 0.15) is 15.9 Å². The normalized spacial score (nSPS) is 10.3. The second-order valence-corrected chi connectivity index (χ2v) is 4.81. The average molecular weight is 308 g/mol. The van der Waals surface area contributed by atoms with Crippen molar-refractivity contribution in [3.8, 4) is 11.4 Å². The van der Waals surface area contributed by atoms with E-state index in [1.54, 1.807) is 18.2 Å². The molecule has 5 heteroatoms. The van der Waals surface area contributed by atoms with Gasteiger partial charge in [0, 0.05) is 6.20 Å². The number of hydrogen-bond donors (Lipinski definition) is 0. The van der Waals surface area contributed by atoms with Gasteiger partial charge in [0.15, 0.2) is 0 Å². The second kappa shape index (κ2) is 6.79. The van der Waals surface area contributed by atoms with Crippen LogP contribution >= 0.6 is 0 Å². The molecule has 3 rings (SSSR count). The molecule has 0 unspecified atom stereocenters. The topological polar surface area (TPSA) is 52.1 Å². The molecule has 0 N–H and O–H groups in total. The van der Waals surface area contributed by atoms with E-state index in [2.05, 4.69) is 9.97 Å². The summed E-state index contributed by atoms with van der Waals surface area (Å²) in [4.78, 5) is 20.2. The van der Waals surface area contributed by atoms with Gasteiger partial charge in [0.1, 0.15) is 12.3 Å². The maximum atomic E-state index is 13.3. The third kappa shape index (κ3) is 3.58. The van der Waals surface area contributed by atoms with Gasteiger partial charge < -0.3 is 4.74 Å². The first-order valence-electron chi connectivity index (χ1n) is 7.03. The first-order valence-corrected chi connectivity index (χ1v) is 7.03. The fourth-order valence-electron chi connectivity index (χ4n) is 2.12. The molecule has 23 heavy (non-hydrogen) atoms. The number of carbonyl (C=O) groups is 1. The van der Waals surface area contributed by atoms with Crippen molar-refractivity contribution >= 4 is 5.97 Å². The quantitative estimate of drug-likeness (QED) is 0.545. The van der Waals surface area contributed by atoms with Gasteiger partial charge >= 0.3 is 5.97 Å². The number of aromatic nitrogens is 2. The minimum atomic E-state index is -0.628. The van der Waals surface area contributed by atoms with Crippen molar-refractivity contribution in [2.45, 2.75) is 6.61 Å². The zero-order chi connectivity index (χ0) is 16.1. The summed E-state index contributed by atoms with van der Waals surface area (Å²) in [5.74, 6) is -1.15. The maximum Gasteiger partial charge on any atom is 0.340 e. The molecule has 3 aromatic rings. The van der Waals surface area contributed by atoms with Gasteiger partial charge in [-0.3, -0.25) is 4.98 Å². The van der Waals surface area contributed by atoms with Crippen molar-refractivity contribution in [3.63, 3.8) is 0 Å². The first kappa shape index (κ1) is 14.8. The molecule has 4 nitrogen and oxygen atoms in total. The predicted octanol–water partition coefficient (Wildman–Crippen LogP) is 3.64. The van der Waals surface area contributed by atoms with Gasteiger partial charge in [0.25, 0.3) is 0 Å². The highest BCUT2D eigenvalue weighted by molar-refractivity contribution is 5.95. The summed E-state index contributed by atoms with van der Waals surface area (Å²) in [6.07, 6.45) is 1.52. The number of esters is 1. The van der Waals surface area contributed by atoms with E-state index >= 15 is 0 Å². The number of hydrogen-bond acceptors (Lipinski definition) is 4. The van der Waals surface area contributed by atoms with E-state index in [0.29, 0.717) is 5.69 Å². The number of pyridine rings is 2. The van der Waals surface area contributed by atoms with Gasteiger partial charge in [-0.25, -0.2) is 9.78 Å². The molecular formula is C18H13FN2O2. The van der Waals surface area contributed by atoms with Gasteiger partial charge in [-0.1, -0.05) is 36.4 Å². The Morgan fingerprint density at radius 2 is 1.83 bits per heavy atom. The van der Waals surface area contributed by atoms with Gasteiger partial charge in [-0.15, -0.1) is 0 Å². The number of carbonyl (C=O) groups excluding carboxylic acids is 1. The molecule has 114 valence electrons. The Morgan fingerprint density at radius 3 is 2.61 bits per heavy atom. The fraction of sp³-hybridized carbons (Fsp3) is 0.0556. The van der Waals surface area contributed by atoms with Crippen molar-refractivity contribution in [2.24, 2.45) is 0 Å². The number of benzene rings is 1. The van der Waals surface area contributed by atoms with Crippen LogP contribution in [0.3, 0.4) is 0 Å². The van der Waals surface area contributed by atoms with E-state index in [-0.39, 0.29) is 17.9 Å². The van der Waals surface area contributed by atoms with Crippen LogP contribution in [0.5, 0.6) is 0 Å². The summed E-state index contributed by atoms with van der Waals surface area (Å²) in [6, 6.07) is 16.9. The average Bonchev–Trinajstić information content (AvgIpc) is 2.60. The minimum absolute atomic E-state index is 0.157. The van der Waals surface area contributed by atoms with Crippen LogP contribution in [-0.2, 0) is 11.3 Å². The summed E-state index contributed by atoms with van der Waals surface area (Å²) in [5, 5.41) is 0. The molecule has 0 amide bonds. The third-order valence-corrected chi connectivity index (χ3v) is 3.20. The maximum absolute atomic E-state index is 13.3. The van der Waals surface area contributed by atoms with Crippen LogP contribution in [0.4, 0.5) is 4.39 Å². The number of ether oxygens (including phenoxy) is 1. The molecule has 0 spiro atoms. The van der Waals surface area contributed by atoms with Crippen molar-refractivity contribution in [3.05, 3.63) is 83.9 Å². The molecule has 0 aliphatic carbocycles. The number of rotatable bonds is 4. The summed E-state index contributed by atoms with van der Waals surface area (Å²) in [7, 11) is 0. The Bertz CT molecular complexity index is 822. The standard InChI is InChI=1S/C18H13FN2O2/c19-16-10-4-9-15(21-16)17-14(8-5-11-20-17)18(22)23-12-13-6-2-1-3-7-13/h1-11H,12H2. The molecule has 0 aliphatic heterocycles. The minimum Gasteiger partial charge on any atom is -0.457 e. The van der Waals surface area contributed by atoms with Gasteiger partial charge in [0.05, 0.1) is 11.3 Å². The van der Waals surface area contributed by atoms with E-state index < -0.39 is 11.9 Å². The van der Waals surface area contributed by atoms with E-state index in [0.717, 1.165) is 5.56 Å². The van der Waals surface area contributed by atoms with Crippen LogP contribution in [0, 0.1) is 5.95 Å². The lowest BCUT2D eigenvalue weighted by Gasteiger charge is -2.08. The highest BCUT2D eigenvalue weighted by Gasteiger charge is 2.16. The molecule has 0 bridgehead atoms. The van der Waals surface area contributed by atoms with Crippen molar-refractivity contribution in [1.29, 1.82) is 0 Å². The molecule has 0 aliphatic rings. The van der Waals surface area contributed by atoms with Crippen LogP contribution in [0.25, 0.3) is 11.4 Å². The highest BCUT2D eigenvalue weighted by atomic mass is 19.1. The van der Waals surface area contributed by atoms with E-state index in [1.807, 2.05) is 30.3 Å². The first-order chi connectivity index (χ1) is 11.2. The largest absolute Gasteiger partial charge is 0.457 e. The number of halogens is 1. The Kier molecular flexibility index (Phi) is 4.38. The Morgan fingerprint density at radius 1 is 1.00 bits per heavy atom. The Balaban J connectivity index is 1.84. The molecule has 2 heterocycles. The van der Waals surface area contributed by atoms with E-state index in [4.69, 9.17) is 4.74 Å². The fourth-order valence-corrected chi connectivity index (χ4v) is 2.12. The summed E-state index contributed by atoms with van der Waals surface area (Å²) < 4.78 is 18.6. The SMILES string of the molecule is O=C(OCc1ccccc1)c1cccnc1-c1cccc(F)n1. The van der Waals surface area contributed by atoms with Gasteiger partial charge in [-0.2, -0.15) is 4.39 Å². The zero-order valence-corrected chi connectivity index (χ0v) is 12.1. The molecule has 0 atom stereocenters. The summed E-state index contributed by atoms with van der Waals surface area (Å²) in [5.41, 5.74) is 1.72. The van der Waals surface area contributed by atoms with Gasteiger partial charge in [-0.05, 0) is 29.8 Å².